The zero-order valence-electron chi connectivity index (χ0n) is 16.9. The van der Waals surface area contributed by atoms with E-state index >= 15 is 0 Å². The van der Waals surface area contributed by atoms with E-state index < -0.39 is 0 Å². The molecule has 6 heteroatoms. The summed E-state index contributed by atoms with van der Waals surface area (Å²) in [6.45, 7) is 7.83. The summed E-state index contributed by atoms with van der Waals surface area (Å²) in [5.41, 5.74) is 1.27. The van der Waals surface area contributed by atoms with Crippen molar-refractivity contribution in [1.29, 1.82) is 0 Å². The Balaban J connectivity index is 0.00000280. The molecule has 0 radical (unpaired) electrons. The second-order valence-corrected chi connectivity index (χ2v) is 6.98. The molecule has 0 bridgehead atoms. The predicted molar refractivity (Wildman–Crippen MR) is 127 cm³/mol. The summed E-state index contributed by atoms with van der Waals surface area (Å²) in [5.74, 6) is 1.56. The van der Waals surface area contributed by atoms with Crippen LogP contribution in [0.15, 0.2) is 47.5 Å². The van der Waals surface area contributed by atoms with E-state index in [1.807, 2.05) is 0 Å². The van der Waals surface area contributed by atoms with Gasteiger partial charge in [0.05, 0.1) is 26.4 Å². The smallest absolute Gasteiger partial charge is 0.194 e. The van der Waals surface area contributed by atoms with E-state index in [4.69, 9.17) is 14.5 Å². The lowest BCUT2D eigenvalue weighted by Gasteiger charge is -2.22. The van der Waals surface area contributed by atoms with Gasteiger partial charge in [-0.3, -0.25) is 0 Å². The molecule has 1 aliphatic heterocycles. The van der Waals surface area contributed by atoms with Crippen LogP contribution in [0.25, 0.3) is 10.8 Å². The van der Waals surface area contributed by atoms with E-state index in [0.29, 0.717) is 25.7 Å². The van der Waals surface area contributed by atoms with E-state index in [1.165, 1.54) is 16.3 Å². The monoisotopic (exact) mass is 497 g/mol. The van der Waals surface area contributed by atoms with Crippen LogP contribution in [0.5, 0.6) is 0 Å². The lowest BCUT2D eigenvalue weighted by Crippen LogP contribution is -2.40. The number of benzene rings is 2. The zero-order chi connectivity index (χ0) is 18.9. The summed E-state index contributed by atoms with van der Waals surface area (Å²) in [6, 6.07) is 14.9. The SMILES string of the molecule is CCNC(=NCc1cccc2ccccc12)N1CCC(COCCOC)C1.I. The van der Waals surface area contributed by atoms with Gasteiger partial charge in [0.15, 0.2) is 5.96 Å². The summed E-state index contributed by atoms with van der Waals surface area (Å²) >= 11 is 0. The number of fused-ring (bicyclic) bond motifs is 1. The molecule has 1 saturated heterocycles. The fraction of sp³-hybridized carbons (Fsp3) is 0.500. The number of nitrogens with one attached hydrogen (secondary N) is 1. The molecule has 1 unspecified atom stereocenters. The van der Waals surface area contributed by atoms with E-state index in [0.717, 1.165) is 38.6 Å². The number of methoxy groups -OCH3 is 1. The molecule has 0 amide bonds. The Bertz CT molecular complexity index is 748. The normalized spacial score (nSPS) is 17.0. The van der Waals surface area contributed by atoms with Gasteiger partial charge in [0.25, 0.3) is 0 Å². The topological polar surface area (TPSA) is 46.1 Å². The van der Waals surface area contributed by atoms with E-state index in [1.54, 1.807) is 7.11 Å². The molecule has 0 spiro atoms. The van der Waals surface area contributed by atoms with E-state index in [-0.39, 0.29) is 24.0 Å². The highest BCUT2D eigenvalue weighted by atomic mass is 127. The van der Waals surface area contributed by atoms with Gasteiger partial charge in [-0.25, -0.2) is 4.99 Å². The first-order valence-electron chi connectivity index (χ1n) is 9.88. The van der Waals surface area contributed by atoms with Crippen molar-refractivity contribution in [2.24, 2.45) is 10.9 Å². The van der Waals surface area contributed by atoms with Crippen LogP contribution in [0.1, 0.15) is 18.9 Å². The third kappa shape index (κ3) is 6.32. The summed E-state index contributed by atoms with van der Waals surface area (Å²) in [4.78, 5) is 7.29. The van der Waals surface area contributed by atoms with Gasteiger partial charge < -0.3 is 19.7 Å². The second-order valence-electron chi connectivity index (χ2n) is 6.98. The molecule has 1 fully saturated rings. The Morgan fingerprint density at radius 1 is 1.18 bits per heavy atom. The van der Waals surface area contributed by atoms with Crippen molar-refractivity contribution in [3.05, 3.63) is 48.0 Å². The second kappa shape index (κ2) is 12.2. The predicted octanol–water partition coefficient (Wildman–Crippen LogP) is 3.91. The van der Waals surface area contributed by atoms with Crippen molar-refractivity contribution in [3.8, 4) is 0 Å². The molecule has 0 saturated carbocycles. The molecule has 2 aromatic carbocycles. The van der Waals surface area contributed by atoms with Gasteiger partial charge in [0.2, 0.25) is 0 Å². The number of likely N-dealkylation sites (tertiary alicyclic amines) is 1. The number of hydrogen-bond acceptors (Lipinski definition) is 3. The highest BCUT2D eigenvalue weighted by Gasteiger charge is 2.24. The maximum Gasteiger partial charge on any atom is 0.194 e. The van der Waals surface area contributed by atoms with Gasteiger partial charge in [-0.2, -0.15) is 0 Å². The van der Waals surface area contributed by atoms with Crippen molar-refractivity contribution in [2.45, 2.75) is 19.9 Å². The van der Waals surface area contributed by atoms with Crippen LogP contribution < -0.4 is 5.32 Å². The van der Waals surface area contributed by atoms with Crippen LogP contribution >= 0.6 is 24.0 Å². The van der Waals surface area contributed by atoms with Crippen molar-refractivity contribution in [1.82, 2.24) is 10.2 Å². The van der Waals surface area contributed by atoms with E-state index in [2.05, 4.69) is 59.6 Å². The van der Waals surface area contributed by atoms with Gasteiger partial charge in [-0.1, -0.05) is 42.5 Å². The third-order valence-electron chi connectivity index (χ3n) is 4.98. The molecule has 0 aromatic heterocycles. The van der Waals surface area contributed by atoms with Crippen molar-refractivity contribution >= 4 is 40.7 Å². The Hall–Kier alpha value is -1.38. The molecular weight excluding hydrogens is 465 g/mol. The third-order valence-corrected chi connectivity index (χ3v) is 4.98. The lowest BCUT2D eigenvalue weighted by molar-refractivity contribution is 0.0536. The van der Waals surface area contributed by atoms with Crippen molar-refractivity contribution < 1.29 is 9.47 Å². The molecule has 5 nitrogen and oxygen atoms in total. The number of guanidine groups is 1. The fourth-order valence-corrected chi connectivity index (χ4v) is 3.57. The molecule has 3 rings (SSSR count). The van der Waals surface area contributed by atoms with Crippen LogP contribution in [-0.4, -0.2) is 57.4 Å². The van der Waals surface area contributed by atoms with Crippen LogP contribution in [0, 0.1) is 5.92 Å². The van der Waals surface area contributed by atoms with Gasteiger partial charge in [0, 0.05) is 32.7 Å². The minimum Gasteiger partial charge on any atom is -0.382 e. The molecule has 1 N–H and O–H groups in total. The molecule has 1 atom stereocenters. The first-order chi connectivity index (χ1) is 13.3. The van der Waals surface area contributed by atoms with Crippen LogP contribution in [0.3, 0.4) is 0 Å². The molecule has 154 valence electrons. The van der Waals surface area contributed by atoms with Gasteiger partial charge in [-0.05, 0) is 29.7 Å². The summed E-state index contributed by atoms with van der Waals surface area (Å²) in [5, 5.41) is 6.01. The first kappa shape index (κ1) is 22.9. The standard InChI is InChI=1S/C22H31N3O2.HI/c1-3-23-22(25-12-11-18(16-25)17-27-14-13-26-2)24-15-20-9-6-8-19-7-4-5-10-21(19)20;/h4-10,18H,3,11-17H2,1-2H3,(H,23,24);1H. The number of rotatable bonds is 8. The number of ether oxygens (including phenoxy) is 2. The Morgan fingerprint density at radius 2 is 2.00 bits per heavy atom. The van der Waals surface area contributed by atoms with E-state index in [9.17, 15) is 0 Å². The van der Waals surface area contributed by atoms with Crippen molar-refractivity contribution in [2.75, 3.05) is 46.6 Å². The molecule has 0 aliphatic carbocycles. The molecule has 1 heterocycles. The molecule has 2 aromatic rings. The minimum absolute atomic E-state index is 0. The number of aliphatic imine (C=N–C) groups is 1. The molecular formula is C22H32IN3O2. The Labute approximate surface area is 185 Å². The maximum absolute atomic E-state index is 5.71. The number of hydrogen-bond donors (Lipinski definition) is 1. The largest absolute Gasteiger partial charge is 0.382 e. The first-order valence-corrected chi connectivity index (χ1v) is 9.88. The Morgan fingerprint density at radius 3 is 2.82 bits per heavy atom. The van der Waals surface area contributed by atoms with Crippen LogP contribution in [-0.2, 0) is 16.0 Å². The maximum atomic E-state index is 5.71. The van der Waals surface area contributed by atoms with Crippen molar-refractivity contribution in [3.63, 3.8) is 0 Å². The van der Waals surface area contributed by atoms with Gasteiger partial charge in [-0.15, -0.1) is 24.0 Å². The fourth-order valence-electron chi connectivity index (χ4n) is 3.57. The highest BCUT2D eigenvalue weighted by Crippen LogP contribution is 2.20. The van der Waals surface area contributed by atoms with Crippen LogP contribution in [0.4, 0.5) is 0 Å². The Kier molecular flexibility index (Phi) is 10.0. The van der Waals surface area contributed by atoms with Gasteiger partial charge >= 0.3 is 0 Å². The van der Waals surface area contributed by atoms with Crippen LogP contribution in [0.2, 0.25) is 0 Å². The highest BCUT2D eigenvalue weighted by molar-refractivity contribution is 14.0. The zero-order valence-corrected chi connectivity index (χ0v) is 19.2. The number of nitrogens with zero attached hydrogens (tertiary/aromatic N) is 2. The number of halogens is 1. The van der Waals surface area contributed by atoms with Gasteiger partial charge in [0.1, 0.15) is 0 Å². The minimum atomic E-state index is 0. The quantitative estimate of drug-likeness (QED) is 0.260. The summed E-state index contributed by atoms with van der Waals surface area (Å²) in [7, 11) is 1.70. The average Bonchev–Trinajstić information content (AvgIpc) is 3.17. The molecule has 1 aliphatic rings. The lowest BCUT2D eigenvalue weighted by atomic mass is 10.1. The average molecular weight is 497 g/mol. The molecule has 28 heavy (non-hydrogen) atoms. The summed E-state index contributed by atoms with van der Waals surface area (Å²) in [6.07, 6.45) is 1.14. The summed E-state index contributed by atoms with van der Waals surface area (Å²) < 4.78 is 10.7.